The SMILES string of the molecule is COc1cccc(NC(=O)CSC2=NC3(CCN(C)CC3)N=C2c2ccc(Cl)cc2)c1. The first-order chi connectivity index (χ1) is 15.0. The Morgan fingerprint density at radius 1 is 1.19 bits per heavy atom. The van der Waals surface area contributed by atoms with Gasteiger partial charge in [0.15, 0.2) is 5.66 Å². The van der Waals surface area contributed by atoms with Crippen LogP contribution < -0.4 is 10.1 Å². The van der Waals surface area contributed by atoms with Crippen LogP contribution in [0.15, 0.2) is 58.5 Å². The van der Waals surface area contributed by atoms with Gasteiger partial charge in [0.1, 0.15) is 10.8 Å². The highest BCUT2D eigenvalue weighted by molar-refractivity contribution is 8.16. The van der Waals surface area contributed by atoms with E-state index in [1.54, 1.807) is 13.2 Å². The maximum Gasteiger partial charge on any atom is 0.234 e. The number of carbonyl (C=O) groups is 1. The Morgan fingerprint density at radius 2 is 1.94 bits per heavy atom. The molecule has 0 atom stereocenters. The predicted octanol–water partition coefficient (Wildman–Crippen LogP) is 4.34. The van der Waals surface area contributed by atoms with Gasteiger partial charge in [-0.2, -0.15) is 0 Å². The standard InChI is InChI=1S/C23H25ClN4O2S/c1-28-12-10-23(11-13-28)26-21(16-6-8-17(24)9-7-16)22(27-23)31-15-20(29)25-18-4-3-5-19(14-18)30-2/h3-9,14H,10-13,15H2,1-2H3,(H,25,29). The van der Waals surface area contributed by atoms with E-state index < -0.39 is 5.66 Å². The van der Waals surface area contributed by atoms with Crippen LogP contribution in [-0.2, 0) is 4.79 Å². The summed E-state index contributed by atoms with van der Waals surface area (Å²) in [6.45, 7) is 1.91. The second kappa shape index (κ2) is 9.42. The molecule has 0 radical (unpaired) electrons. The summed E-state index contributed by atoms with van der Waals surface area (Å²) in [7, 11) is 3.72. The summed E-state index contributed by atoms with van der Waals surface area (Å²) in [4.78, 5) is 24.9. The van der Waals surface area contributed by atoms with Gasteiger partial charge in [-0.3, -0.25) is 9.79 Å². The summed E-state index contributed by atoms with van der Waals surface area (Å²) in [6, 6.07) is 15.0. The Hall–Kier alpha value is -2.35. The Balaban J connectivity index is 1.49. The van der Waals surface area contributed by atoms with Crippen molar-refractivity contribution in [3.63, 3.8) is 0 Å². The summed E-state index contributed by atoms with van der Waals surface area (Å²) < 4.78 is 5.22. The lowest BCUT2D eigenvalue weighted by atomic mass is 9.99. The number of hydrogen-bond donors (Lipinski definition) is 1. The van der Waals surface area contributed by atoms with E-state index in [1.807, 2.05) is 42.5 Å². The van der Waals surface area contributed by atoms with E-state index in [9.17, 15) is 4.79 Å². The van der Waals surface area contributed by atoms with E-state index in [0.717, 1.165) is 42.3 Å². The van der Waals surface area contributed by atoms with Gasteiger partial charge in [-0.15, -0.1) is 0 Å². The molecule has 1 saturated heterocycles. The van der Waals surface area contributed by atoms with Crippen molar-refractivity contribution in [3.05, 3.63) is 59.1 Å². The van der Waals surface area contributed by atoms with Gasteiger partial charge in [-0.05, 0) is 31.3 Å². The van der Waals surface area contributed by atoms with Gasteiger partial charge in [0.25, 0.3) is 0 Å². The number of carbonyl (C=O) groups excluding carboxylic acids is 1. The highest BCUT2D eigenvalue weighted by atomic mass is 35.5. The van der Waals surface area contributed by atoms with Crippen molar-refractivity contribution < 1.29 is 9.53 Å². The number of rotatable bonds is 5. The fourth-order valence-electron chi connectivity index (χ4n) is 3.65. The molecule has 0 saturated carbocycles. The molecule has 2 aliphatic heterocycles. The first-order valence-electron chi connectivity index (χ1n) is 10.2. The normalized spacial score (nSPS) is 17.9. The third-order valence-corrected chi connectivity index (χ3v) is 6.65. The highest BCUT2D eigenvalue weighted by Crippen LogP contribution is 2.35. The number of thioether (sulfide) groups is 1. The molecule has 2 aliphatic rings. The van der Waals surface area contributed by atoms with Crippen molar-refractivity contribution in [2.24, 2.45) is 9.98 Å². The third kappa shape index (κ3) is 5.29. The minimum atomic E-state index is -0.424. The molecule has 1 amide bonds. The van der Waals surface area contributed by atoms with Crippen molar-refractivity contribution >= 4 is 45.7 Å². The number of amides is 1. The molecule has 1 N–H and O–H groups in total. The van der Waals surface area contributed by atoms with Gasteiger partial charge >= 0.3 is 0 Å². The number of methoxy groups -OCH3 is 1. The monoisotopic (exact) mass is 456 g/mol. The number of aliphatic imine (C=N–C) groups is 2. The lowest BCUT2D eigenvalue weighted by molar-refractivity contribution is -0.113. The van der Waals surface area contributed by atoms with Crippen LogP contribution in [0.2, 0.25) is 5.02 Å². The zero-order chi connectivity index (χ0) is 21.8. The van der Waals surface area contributed by atoms with Crippen molar-refractivity contribution in [3.8, 4) is 5.75 Å². The molecule has 4 rings (SSSR count). The number of hydrogen-bond acceptors (Lipinski definition) is 6. The fourth-order valence-corrected chi connectivity index (χ4v) is 4.65. The number of nitrogens with zero attached hydrogens (tertiary/aromatic N) is 3. The zero-order valence-corrected chi connectivity index (χ0v) is 19.2. The second-order valence-electron chi connectivity index (χ2n) is 7.74. The lowest BCUT2D eigenvalue weighted by Gasteiger charge is -2.33. The molecule has 0 unspecified atom stereocenters. The number of nitrogens with one attached hydrogen (secondary N) is 1. The minimum absolute atomic E-state index is 0.0965. The molecule has 31 heavy (non-hydrogen) atoms. The van der Waals surface area contributed by atoms with E-state index in [2.05, 4.69) is 17.3 Å². The van der Waals surface area contributed by atoms with E-state index in [0.29, 0.717) is 16.5 Å². The summed E-state index contributed by atoms with van der Waals surface area (Å²) in [5.41, 5.74) is 2.10. The zero-order valence-electron chi connectivity index (χ0n) is 17.6. The van der Waals surface area contributed by atoms with Crippen LogP contribution in [0, 0.1) is 0 Å². The Labute approximate surface area is 191 Å². The van der Waals surface area contributed by atoms with Crippen molar-refractivity contribution in [1.82, 2.24) is 4.90 Å². The maximum absolute atomic E-state index is 12.6. The fraction of sp³-hybridized carbons (Fsp3) is 0.348. The quantitative estimate of drug-likeness (QED) is 0.726. The van der Waals surface area contributed by atoms with Gasteiger partial charge in [-0.1, -0.05) is 41.6 Å². The number of ether oxygens (including phenoxy) is 1. The molecular weight excluding hydrogens is 432 g/mol. The van der Waals surface area contributed by atoms with Gasteiger partial charge in [0.2, 0.25) is 5.91 Å². The van der Waals surface area contributed by atoms with Crippen LogP contribution in [0.1, 0.15) is 18.4 Å². The summed E-state index contributed by atoms with van der Waals surface area (Å²) in [5.74, 6) is 0.853. The Morgan fingerprint density at radius 3 is 2.65 bits per heavy atom. The van der Waals surface area contributed by atoms with Crippen molar-refractivity contribution in [2.75, 3.05) is 38.3 Å². The van der Waals surface area contributed by atoms with Gasteiger partial charge in [0, 0.05) is 48.3 Å². The average molecular weight is 457 g/mol. The largest absolute Gasteiger partial charge is 0.497 e. The molecule has 6 nitrogen and oxygen atoms in total. The Kier molecular flexibility index (Phi) is 6.65. The molecule has 0 bridgehead atoms. The Bertz CT molecular complexity index is 1010. The number of halogens is 1. The first kappa shape index (κ1) is 21.9. The van der Waals surface area contributed by atoms with Crippen LogP contribution in [0.4, 0.5) is 5.69 Å². The van der Waals surface area contributed by atoms with E-state index >= 15 is 0 Å². The minimum Gasteiger partial charge on any atom is -0.497 e. The van der Waals surface area contributed by atoms with Crippen LogP contribution in [0.25, 0.3) is 0 Å². The molecule has 2 heterocycles. The number of benzene rings is 2. The maximum atomic E-state index is 12.6. The van der Waals surface area contributed by atoms with Crippen LogP contribution >= 0.6 is 23.4 Å². The third-order valence-electron chi connectivity index (χ3n) is 5.43. The van der Waals surface area contributed by atoms with Gasteiger partial charge in [-0.25, -0.2) is 4.99 Å². The van der Waals surface area contributed by atoms with Crippen LogP contribution in [0.3, 0.4) is 0 Å². The second-order valence-corrected chi connectivity index (χ2v) is 9.14. The summed E-state index contributed by atoms with van der Waals surface area (Å²) in [5, 5.41) is 4.41. The smallest absolute Gasteiger partial charge is 0.234 e. The molecule has 162 valence electrons. The van der Waals surface area contributed by atoms with Crippen LogP contribution in [0.5, 0.6) is 5.75 Å². The lowest BCUT2D eigenvalue weighted by Crippen LogP contribution is -2.39. The molecule has 2 aromatic carbocycles. The van der Waals surface area contributed by atoms with E-state index in [4.69, 9.17) is 26.3 Å². The van der Waals surface area contributed by atoms with E-state index in [-0.39, 0.29) is 11.7 Å². The topological polar surface area (TPSA) is 66.3 Å². The number of piperidine rings is 1. The molecule has 1 fully saturated rings. The van der Waals surface area contributed by atoms with Crippen LogP contribution in [-0.4, -0.2) is 60.2 Å². The molecule has 0 aromatic heterocycles. The molecule has 0 aliphatic carbocycles. The number of anilines is 1. The van der Waals surface area contributed by atoms with Crippen molar-refractivity contribution in [1.29, 1.82) is 0 Å². The molecule has 1 spiro atoms. The highest BCUT2D eigenvalue weighted by Gasteiger charge is 2.39. The van der Waals surface area contributed by atoms with E-state index in [1.165, 1.54) is 11.8 Å². The molecular formula is C23H25ClN4O2S. The van der Waals surface area contributed by atoms with Gasteiger partial charge in [0.05, 0.1) is 18.6 Å². The molecule has 2 aromatic rings. The van der Waals surface area contributed by atoms with Gasteiger partial charge < -0.3 is 15.0 Å². The predicted molar refractivity (Wildman–Crippen MR) is 129 cm³/mol. The number of likely N-dealkylation sites (tertiary alicyclic amines) is 1. The average Bonchev–Trinajstić information content (AvgIpc) is 3.13. The van der Waals surface area contributed by atoms with Crippen molar-refractivity contribution in [2.45, 2.75) is 18.5 Å². The molecule has 8 heteroatoms. The summed E-state index contributed by atoms with van der Waals surface area (Å²) in [6.07, 6.45) is 1.75. The summed E-state index contributed by atoms with van der Waals surface area (Å²) >= 11 is 7.50. The first-order valence-corrected chi connectivity index (χ1v) is 11.5.